The zero-order chi connectivity index (χ0) is 18.0. The highest BCUT2D eigenvalue weighted by molar-refractivity contribution is 7.80. The number of aryl methyl sites for hydroxylation is 1. The first-order chi connectivity index (χ1) is 11.9. The lowest BCUT2D eigenvalue weighted by Gasteiger charge is -2.14. The van der Waals surface area contributed by atoms with Crippen LogP contribution in [0.3, 0.4) is 0 Å². The van der Waals surface area contributed by atoms with E-state index in [0.717, 1.165) is 28.0 Å². The predicted octanol–water partition coefficient (Wildman–Crippen LogP) is 3.98. The molecule has 0 bridgehead atoms. The topological polar surface area (TPSA) is 57.5 Å². The van der Waals surface area contributed by atoms with Crippen molar-refractivity contribution in [1.29, 1.82) is 0 Å². The van der Waals surface area contributed by atoms with Crippen molar-refractivity contribution in [3.05, 3.63) is 64.5 Å². The second-order valence-corrected chi connectivity index (χ2v) is 6.39. The zero-order valence-electron chi connectivity index (χ0n) is 14.3. The molecule has 0 atom stereocenters. The summed E-state index contributed by atoms with van der Waals surface area (Å²) in [6, 6.07) is 15.0. The van der Waals surface area contributed by atoms with Crippen LogP contribution in [-0.4, -0.2) is 19.2 Å². The molecule has 0 aliphatic rings. The SMILES string of the molecule is Cc1cc(=O)oc2cc(NC(=S)Nc3ccc(N(C)C)cc3)ccc12. The van der Waals surface area contributed by atoms with Crippen LogP contribution in [0.4, 0.5) is 17.1 Å². The molecule has 2 N–H and O–H groups in total. The van der Waals surface area contributed by atoms with E-state index in [1.54, 1.807) is 6.07 Å². The highest BCUT2D eigenvalue weighted by Gasteiger charge is 2.05. The minimum Gasteiger partial charge on any atom is -0.423 e. The normalized spacial score (nSPS) is 10.5. The van der Waals surface area contributed by atoms with Gasteiger partial charge in [-0.1, -0.05) is 0 Å². The average molecular weight is 353 g/mol. The van der Waals surface area contributed by atoms with Crippen molar-refractivity contribution >= 4 is 45.4 Å². The number of thiocarbonyl (C=S) groups is 1. The van der Waals surface area contributed by atoms with E-state index < -0.39 is 0 Å². The molecule has 0 aliphatic carbocycles. The van der Waals surface area contributed by atoms with E-state index in [4.69, 9.17) is 16.6 Å². The molecular weight excluding hydrogens is 334 g/mol. The summed E-state index contributed by atoms with van der Waals surface area (Å²) in [5.41, 5.74) is 3.83. The number of hydrogen-bond acceptors (Lipinski definition) is 4. The molecule has 0 unspecified atom stereocenters. The molecule has 0 saturated carbocycles. The lowest BCUT2D eigenvalue weighted by atomic mass is 10.1. The number of benzene rings is 2. The van der Waals surface area contributed by atoms with Crippen molar-refractivity contribution in [2.24, 2.45) is 0 Å². The zero-order valence-corrected chi connectivity index (χ0v) is 15.1. The van der Waals surface area contributed by atoms with Gasteiger partial charge < -0.3 is 20.0 Å². The summed E-state index contributed by atoms with van der Waals surface area (Å²) < 4.78 is 5.25. The summed E-state index contributed by atoms with van der Waals surface area (Å²) in [6.45, 7) is 1.88. The molecule has 128 valence electrons. The molecule has 1 aromatic heterocycles. The Morgan fingerprint density at radius 2 is 1.64 bits per heavy atom. The molecule has 0 aliphatic heterocycles. The maximum Gasteiger partial charge on any atom is 0.336 e. The number of nitrogens with zero attached hydrogens (tertiary/aromatic N) is 1. The number of rotatable bonds is 3. The first-order valence-electron chi connectivity index (χ1n) is 7.82. The van der Waals surface area contributed by atoms with E-state index >= 15 is 0 Å². The smallest absolute Gasteiger partial charge is 0.336 e. The Morgan fingerprint density at radius 3 is 2.32 bits per heavy atom. The standard InChI is InChI=1S/C19H19N3O2S/c1-12-10-18(23)24-17-11-14(6-9-16(12)17)21-19(25)20-13-4-7-15(8-5-13)22(2)3/h4-11H,1-3H3,(H2,20,21,25). The van der Waals surface area contributed by atoms with Crippen LogP contribution in [0.25, 0.3) is 11.0 Å². The summed E-state index contributed by atoms with van der Waals surface area (Å²) in [5.74, 6) is 0. The van der Waals surface area contributed by atoms with Crippen LogP contribution >= 0.6 is 12.2 Å². The Labute approximate surface area is 151 Å². The summed E-state index contributed by atoms with van der Waals surface area (Å²) in [5, 5.41) is 7.61. The molecule has 6 heteroatoms. The van der Waals surface area contributed by atoms with Gasteiger partial charge in [0.25, 0.3) is 0 Å². The van der Waals surface area contributed by atoms with E-state index in [0.29, 0.717) is 10.7 Å². The Hall–Kier alpha value is -2.86. The van der Waals surface area contributed by atoms with Gasteiger partial charge in [0.2, 0.25) is 0 Å². The van der Waals surface area contributed by atoms with Gasteiger partial charge in [0, 0.05) is 48.7 Å². The molecule has 3 rings (SSSR count). The van der Waals surface area contributed by atoms with Gasteiger partial charge in [0.15, 0.2) is 5.11 Å². The predicted molar refractivity (Wildman–Crippen MR) is 108 cm³/mol. The molecule has 0 radical (unpaired) electrons. The largest absolute Gasteiger partial charge is 0.423 e. The maximum absolute atomic E-state index is 11.5. The third-order valence-corrected chi connectivity index (χ3v) is 4.05. The first-order valence-corrected chi connectivity index (χ1v) is 8.23. The molecule has 25 heavy (non-hydrogen) atoms. The highest BCUT2D eigenvalue weighted by atomic mass is 32.1. The molecule has 0 saturated heterocycles. The number of fused-ring (bicyclic) bond motifs is 1. The molecular formula is C19H19N3O2S. The van der Waals surface area contributed by atoms with Gasteiger partial charge in [-0.3, -0.25) is 0 Å². The Bertz CT molecular complexity index is 978. The van der Waals surface area contributed by atoms with Crippen molar-refractivity contribution in [3.8, 4) is 0 Å². The fourth-order valence-corrected chi connectivity index (χ4v) is 2.77. The number of anilines is 3. The van der Waals surface area contributed by atoms with Crippen molar-refractivity contribution in [2.75, 3.05) is 29.6 Å². The molecule has 0 fully saturated rings. The van der Waals surface area contributed by atoms with Gasteiger partial charge in [-0.25, -0.2) is 4.79 Å². The lowest BCUT2D eigenvalue weighted by Crippen LogP contribution is -2.19. The van der Waals surface area contributed by atoms with Crippen LogP contribution < -0.4 is 21.2 Å². The van der Waals surface area contributed by atoms with Crippen LogP contribution in [0.15, 0.2) is 57.7 Å². The van der Waals surface area contributed by atoms with Gasteiger partial charge in [-0.2, -0.15) is 0 Å². The van der Waals surface area contributed by atoms with Crippen molar-refractivity contribution in [3.63, 3.8) is 0 Å². The number of nitrogens with one attached hydrogen (secondary N) is 2. The van der Waals surface area contributed by atoms with E-state index in [1.165, 1.54) is 6.07 Å². The summed E-state index contributed by atoms with van der Waals surface area (Å²) >= 11 is 5.35. The van der Waals surface area contributed by atoms with Crippen molar-refractivity contribution in [2.45, 2.75) is 6.92 Å². The minimum atomic E-state index is -0.358. The maximum atomic E-state index is 11.5. The summed E-state index contributed by atoms with van der Waals surface area (Å²) in [7, 11) is 3.99. The van der Waals surface area contributed by atoms with Gasteiger partial charge in [0.05, 0.1) is 0 Å². The molecule has 0 spiro atoms. The fraction of sp³-hybridized carbons (Fsp3) is 0.158. The Balaban J connectivity index is 1.74. The lowest BCUT2D eigenvalue weighted by molar-refractivity contribution is 0.560. The van der Waals surface area contributed by atoms with Crippen LogP contribution in [0.5, 0.6) is 0 Å². The third kappa shape index (κ3) is 3.97. The minimum absolute atomic E-state index is 0.358. The third-order valence-electron chi connectivity index (χ3n) is 3.85. The van der Waals surface area contributed by atoms with Crippen molar-refractivity contribution < 1.29 is 4.42 Å². The first kappa shape index (κ1) is 17.0. The van der Waals surface area contributed by atoms with Gasteiger partial charge >= 0.3 is 5.63 Å². The van der Waals surface area contributed by atoms with Crippen LogP contribution in [0.1, 0.15) is 5.56 Å². The number of hydrogen-bond donors (Lipinski definition) is 2. The van der Waals surface area contributed by atoms with Gasteiger partial charge in [-0.05, 0) is 61.1 Å². The molecule has 3 aromatic rings. The van der Waals surface area contributed by atoms with Gasteiger partial charge in [0.1, 0.15) is 5.58 Å². The molecule has 5 nitrogen and oxygen atoms in total. The Kier molecular flexibility index (Phi) is 4.72. The monoisotopic (exact) mass is 353 g/mol. The van der Waals surface area contributed by atoms with E-state index in [1.807, 2.05) is 62.3 Å². The average Bonchev–Trinajstić information content (AvgIpc) is 2.54. The van der Waals surface area contributed by atoms with Crippen LogP contribution in [0.2, 0.25) is 0 Å². The van der Waals surface area contributed by atoms with Crippen molar-refractivity contribution in [1.82, 2.24) is 0 Å². The summed E-state index contributed by atoms with van der Waals surface area (Å²) in [4.78, 5) is 13.6. The Morgan fingerprint density at radius 1 is 1.00 bits per heavy atom. The quantitative estimate of drug-likeness (QED) is 0.549. The summed E-state index contributed by atoms with van der Waals surface area (Å²) in [6.07, 6.45) is 0. The molecule has 0 amide bonds. The van der Waals surface area contributed by atoms with Crippen LogP contribution in [-0.2, 0) is 0 Å². The second-order valence-electron chi connectivity index (χ2n) is 5.98. The highest BCUT2D eigenvalue weighted by Crippen LogP contribution is 2.21. The van der Waals surface area contributed by atoms with E-state index in [9.17, 15) is 4.79 Å². The van der Waals surface area contributed by atoms with E-state index in [2.05, 4.69) is 10.6 Å². The second kappa shape index (κ2) is 6.94. The van der Waals surface area contributed by atoms with E-state index in [-0.39, 0.29) is 5.63 Å². The molecule has 1 heterocycles. The fourth-order valence-electron chi connectivity index (χ4n) is 2.54. The van der Waals surface area contributed by atoms with Crippen LogP contribution in [0, 0.1) is 6.92 Å². The van der Waals surface area contributed by atoms with Gasteiger partial charge in [-0.15, -0.1) is 0 Å². The molecule has 2 aromatic carbocycles.